The molecule has 2 aromatic carbocycles. The maximum atomic E-state index is 12.4. The van der Waals surface area contributed by atoms with Gasteiger partial charge in [-0.3, -0.25) is 9.78 Å². The summed E-state index contributed by atoms with van der Waals surface area (Å²) in [6.07, 6.45) is 1.76. The van der Waals surface area contributed by atoms with Crippen molar-refractivity contribution in [3.63, 3.8) is 0 Å². The van der Waals surface area contributed by atoms with Gasteiger partial charge in [-0.1, -0.05) is 39.0 Å². The Hall–Kier alpha value is -2.68. The van der Waals surface area contributed by atoms with Gasteiger partial charge in [0.05, 0.1) is 5.52 Å². The quantitative estimate of drug-likeness (QED) is 0.740. The van der Waals surface area contributed by atoms with Crippen molar-refractivity contribution in [2.24, 2.45) is 0 Å². The zero-order valence-electron chi connectivity index (χ0n) is 13.6. The molecule has 1 N–H and O–H groups in total. The second-order valence-electron chi connectivity index (χ2n) is 6.69. The third-order valence-corrected chi connectivity index (χ3v) is 3.87. The number of benzene rings is 2. The molecule has 0 saturated heterocycles. The molecule has 0 aliphatic heterocycles. The van der Waals surface area contributed by atoms with Crippen LogP contribution in [0.3, 0.4) is 0 Å². The zero-order chi connectivity index (χ0) is 16.4. The molecule has 3 nitrogen and oxygen atoms in total. The monoisotopic (exact) mass is 304 g/mol. The average Bonchev–Trinajstić information content (AvgIpc) is 2.54. The van der Waals surface area contributed by atoms with Crippen LogP contribution in [0.1, 0.15) is 36.7 Å². The molecule has 0 unspecified atom stereocenters. The molecule has 3 aromatic rings. The number of nitrogens with zero attached hydrogens (tertiary/aromatic N) is 1. The maximum absolute atomic E-state index is 12.4. The Labute approximate surface area is 136 Å². The molecule has 1 heterocycles. The van der Waals surface area contributed by atoms with Crippen LogP contribution in [0.15, 0.2) is 60.8 Å². The van der Waals surface area contributed by atoms with Gasteiger partial charge in [0.25, 0.3) is 5.91 Å². The molecule has 0 spiro atoms. The molecule has 116 valence electrons. The van der Waals surface area contributed by atoms with E-state index in [2.05, 4.69) is 31.1 Å². The van der Waals surface area contributed by atoms with Crippen LogP contribution in [-0.2, 0) is 5.41 Å². The number of hydrogen-bond donors (Lipinski definition) is 1. The van der Waals surface area contributed by atoms with Crippen molar-refractivity contribution in [1.82, 2.24) is 4.98 Å². The van der Waals surface area contributed by atoms with E-state index in [1.807, 2.05) is 54.6 Å². The lowest BCUT2D eigenvalue weighted by atomic mass is 9.87. The summed E-state index contributed by atoms with van der Waals surface area (Å²) >= 11 is 0. The fourth-order valence-corrected chi connectivity index (χ4v) is 2.48. The van der Waals surface area contributed by atoms with Crippen molar-refractivity contribution < 1.29 is 4.79 Å². The minimum atomic E-state index is -0.103. The van der Waals surface area contributed by atoms with Crippen molar-refractivity contribution in [3.05, 3.63) is 71.9 Å². The smallest absolute Gasteiger partial charge is 0.255 e. The average molecular weight is 304 g/mol. The Kier molecular flexibility index (Phi) is 3.87. The Morgan fingerprint density at radius 3 is 2.43 bits per heavy atom. The Balaban J connectivity index is 1.80. The summed E-state index contributed by atoms with van der Waals surface area (Å²) in [4.78, 5) is 16.7. The minimum absolute atomic E-state index is 0.0837. The van der Waals surface area contributed by atoms with Crippen LogP contribution < -0.4 is 5.32 Å². The number of rotatable bonds is 2. The number of carbonyl (C=O) groups is 1. The van der Waals surface area contributed by atoms with Crippen LogP contribution >= 0.6 is 0 Å². The Bertz CT molecular complexity index is 845. The van der Waals surface area contributed by atoms with Gasteiger partial charge in [0.1, 0.15) is 0 Å². The first-order chi connectivity index (χ1) is 10.9. The normalized spacial score (nSPS) is 11.4. The van der Waals surface area contributed by atoms with Crippen LogP contribution in [0.4, 0.5) is 5.69 Å². The number of nitrogens with one attached hydrogen (secondary N) is 1. The van der Waals surface area contributed by atoms with Gasteiger partial charge in [0, 0.05) is 22.8 Å². The molecule has 3 rings (SSSR count). The molecule has 0 aliphatic carbocycles. The minimum Gasteiger partial charge on any atom is -0.322 e. The van der Waals surface area contributed by atoms with Gasteiger partial charge in [-0.15, -0.1) is 0 Å². The number of anilines is 1. The number of hydrogen-bond acceptors (Lipinski definition) is 2. The van der Waals surface area contributed by atoms with E-state index in [0.717, 1.165) is 16.6 Å². The number of fused-ring (bicyclic) bond motifs is 1. The fourth-order valence-electron chi connectivity index (χ4n) is 2.48. The third kappa shape index (κ3) is 3.39. The molecule has 0 bridgehead atoms. The van der Waals surface area contributed by atoms with Crippen LogP contribution in [0.5, 0.6) is 0 Å². The summed E-state index contributed by atoms with van der Waals surface area (Å²) in [7, 11) is 0. The highest BCUT2D eigenvalue weighted by Gasteiger charge is 2.14. The predicted molar refractivity (Wildman–Crippen MR) is 94.8 cm³/mol. The lowest BCUT2D eigenvalue weighted by Crippen LogP contribution is -2.14. The number of aromatic nitrogens is 1. The zero-order valence-corrected chi connectivity index (χ0v) is 13.6. The Morgan fingerprint density at radius 1 is 1.00 bits per heavy atom. The van der Waals surface area contributed by atoms with Gasteiger partial charge in [-0.05, 0) is 47.4 Å². The van der Waals surface area contributed by atoms with Gasteiger partial charge in [0.15, 0.2) is 0 Å². The fraction of sp³-hybridized carbons (Fsp3) is 0.200. The summed E-state index contributed by atoms with van der Waals surface area (Å²) in [5.41, 5.74) is 3.64. The first kappa shape index (κ1) is 15.2. The maximum Gasteiger partial charge on any atom is 0.255 e. The van der Waals surface area contributed by atoms with E-state index >= 15 is 0 Å². The van der Waals surface area contributed by atoms with Crippen molar-refractivity contribution in [3.8, 4) is 0 Å². The summed E-state index contributed by atoms with van der Waals surface area (Å²) in [5, 5.41) is 3.95. The van der Waals surface area contributed by atoms with Crippen LogP contribution in [0, 0.1) is 0 Å². The SMILES string of the molecule is CC(C)(C)c1ccc(C(=O)Nc2ccc3ncccc3c2)cc1. The van der Waals surface area contributed by atoms with E-state index in [9.17, 15) is 4.79 Å². The van der Waals surface area contributed by atoms with Crippen molar-refractivity contribution in [2.45, 2.75) is 26.2 Å². The molecule has 23 heavy (non-hydrogen) atoms. The summed E-state index contributed by atoms with van der Waals surface area (Å²) in [6.45, 7) is 6.47. The van der Waals surface area contributed by atoms with Gasteiger partial charge in [-0.25, -0.2) is 0 Å². The molecule has 0 radical (unpaired) electrons. The molecule has 1 aromatic heterocycles. The lowest BCUT2D eigenvalue weighted by Gasteiger charge is -2.19. The van der Waals surface area contributed by atoms with Crippen LogP contribution in [-0.4, -0.2) is 10.9 Å². The number of carbonyl (C=O) groups excluding carboxylic acids is 1. The van der Waals surface area contributed by atoms with Gasteiger partial charge >= 0.3 is 0 Å². The molecule has 0 saturated carbocycles. The van der Waals surface area contributed by atoms with Crippen LogP contribution in [0.2, 0.25) is 0 Å². The number of amides is 1. The summed E-state index contributed by atoms with van der Waals surface area (Å²) < 4.78 is 0. The van der Waals surface area contributed by atoms with Gasteiger partial charge in [0.2, 0.25) is 0 Å². The topological polar surface area (TPSA) is 42.0 Å². The number of pyridine rings is 1. The van der Waals surface area contributed by atoms with E-state index in [4.69, 9.17) is 0 Å². The first-order valence-corrected chi connectivity index (χ1v) is 7.70. The van der Waals surface area contributed by atoms with E-state index in [1.54, 1.807) is 6.20 Å². The first-order valence-electron chi connectivity index (χ1n) is 7.70. The highest BCUT2D eigenvalue weighted by atomic mass is 16.1. The summed E-state index contributed by atoms with van der Waals surface area (Å²) in [5.74, 6) is -0.103. The Morgan fingerprint density at radius 2 is 1.74 bits per heavy atom. The lowest BCUT2D eigenvalue weighted by molar-refractivity contribution is 0.102. The molecule has 3 heteroatoms. The highest BCUT2D eigenvalue weighted by molar-refractivity contribution is 6.05. The predicted octanol–water partition coefficient (Wildman–Crippen LogP) is 4.78. The van der Waals surface area contributed by atoms with Crippen molar-refractivity contribution >= 4 is 22.5 Å². The second kappa shape index (κ2) is 5.84. The van der Waals surface area contributed by atoms with E-state index in [1.165, 1.54) is 5.56 Å². The highest BCUT2D eigenvalue weighted by Crippen LogP contribution is 2.23. The van der Waals surface area contributed by atoms with Gasteiger partial charge < -0.3 is 5.32 Å². The third-order valence-electron chi connectivity index (χ3n) is 3.87. The molecular formula is C20H20N2O. The van der Waals surface area contributed by atoms with Gasteiger partial charge in [-0.2, -0.15) is 0 Å². The molecule has 0 fully saturated rings. The standard InChI is InChI=1S/C20H20N2O/c1-20(2,3)16-8-6-14(7-9-16)19(23)22-17-10-11-18-15(13-17)5-4-12-21-18/h4-13H,1-3H3,(H,22,23). The van der Waals surface area contributed by atoms with E-state index in [-0.39, 0.29) is 11.3 Å². The molecular weight excluding hydrogens is 284 g/mol. The molecule has 0 aliphatic rings. The van der Waals surface area contributed by atoms with E-state index < -0.39 is 0 Å². The van der Waals surface area contributed by atoms with E-state index in [0.29, 0.717) is 5.56 Å². The second-order valence-corrected chi connectivity index (χ2v) is 6.69. The molecule has 1 amide bonds. The van der Waals surface area contributed by atoms with Crippen LogP contribution in [0.25, 0.3) is 10.9 Å². The van der Waals surface area contributed by atoms with Crippen molar-refractivity contribution in [2.75, 3.05) is 5.32 Å². The van der Waals surface area contributed by atoms with Crippen molar-refractivity contribution in [1.29, 1.82) is 0 Å². The largest absolute Gasteiger partial charge is 0.322 e. The molecule has 0 atom stereocenters. The summed E-state index contributed by atoms with van der Waals surface area (Å²) in [6, 6.07) is 17.4.